The van der Waals surface area contributed by atoms with Crippen molar-refractivity contribution in [1.29, 1.82) is 0 Å². The van der Waals surface area contributed by atoms with Crippen LogP contribution in [0.1, 0.15) is 16.6 Å². The van der Waals surface area contributed by atoms with Gasteiger partial charge in [0.1, 0.15) is 10.7 Å². The van der Waals surface area contributed by atoms with E-state index in [2.05, 4.69) is 10.3 Å². The number of nitrogens with two attached hydrogens (primary N) is 1. The number of hydrogen-bond donors (Lipinski definition) is 4. The fraction of sp³-hybridized carbons (Fsp3) is 0.600. The minimum absolute atomic E-state index is 0.138. The molecule has 5 N–H and O–H groups in total. The number of nitrogens with zero attached hydrogens (tertiary/aromatic N) is 2. The summed E-state index contributed by atoms with van der Waals surface area (Å²) in [6, 6.07) is 0. The van der Waals surface area contributed by atoms with Gasteiger partial charge in [0, 0.05) is 14.1 Å². The van der Waals surface area contributed by atoms with Crippen molar-refractivity contribution in [2.75, 3.05) is 37.9 Å². The molecule has 1 rings (SSSR count). The van der Waals surface area contributed by atoms with Gasteiger partial charge in [-0.15, -0.1) is 0 Å². The lowest BCUT2D eigenvalue weighted by atomic mass is 10.1. The number of nitrogens with one attached hydrogen (secondary N) is 1. The molecule has 0 bridgehead atoms. The van der Waals surface area contributed by atoms with Crippen molar-refractivity contribution < 1.29 is 15.0 Å². The minimum Gasteiger partial charge on any atom is -0.394 e. The number of anilines is 2. The highest BCUT2D eigenvalue weighted by Gasteiger charge is 2.27. The van der Waals surface area contributed by atoms with Gasteiger partial charge >= 0.3 is 0 Å². The first kappa shape index (κ1) is 14.7. The summed E-state index contributed by atoms with van der Waals surface area (Å²) in [4.78, 5) is 18.0. The van der Waals surface area contributed by atoms with Gasteiger partial charge in [-0.1, -0.05) is 11.3 Å². The number of aliphatic hydroxyl groups excluding tert-OH is 2. The van der Waals surface area contributed by atoms with Crippen molar-refractivity contribution >= 4 is 28.2 Å². The molecule has 1 heterocycles. The molecule has 0 saturated heterocycles. The van der Waals surface area contributed by atoms with Crippen LogP contribution in [-0.2, 0) is 0 Å². The van der Waals surface area contributed by atoms with Crippen LogP contribution in [0.5, 0.6) is 0 Å². The summed E-state index contributed by atoms with van der Waals surface area (Å²) in [5.74, 6) is -0.317. The van der Waals surface area contributed by atoms with Crippen LogP contribution < -0.4 is 16.0 Å². The normalized spacial score (nSPS) is 11.4. The van der Waals surface area contributed by atoms with E-state index < -0.39 is 11.4 Å². The van der Waals surface area contributed by atoms with Crippen molar-refractivity contribution in [3.63, 3.8) is 0 Å². The third kappa shape index (κ3) is 3.09. The van der Waals surface area contributed by atoms with Crippen molar-refractivity contribution in [1.82, 2.24) is 10.3 Å². The predicted octanol–water partition coefficient (Wildman–Crippen LogP) is -0.736. The Kier molecular flexibility index (Phi) is 4.49. The first-order chi connectivity index (χ1) is 8.33. The molecule has 0 fully saturated rings. The van der Waals surface area contributed by atoms with Crippen molar-refractivity contribution in [2.24, 2.45) is 0 Å². The third-order valence-electron chi connectivity index (χ3n) is 2.34. The van der Waals surface area contributed by atoms with Crippen LogP contribution in [-0.4, -0.2) is 54.0 Å². The predicted molar refractivity (Wildman–Crippen MR) is 70.9 cm³/mol. The SMILES string of the molecule is CN(C)c1nc(N)c(C(=O)NC(C)(CO)CO)s1. The van der Waals surface area contributed by atoms with Crippen LogP contribution in [0.3, 0.4) is 0 Å². The zero-order valence-electron chi connectivity index (χ0n) is 10.6. The van der Waals surface area contributed by atoms with Gasteiger partial charge in [0.25, 0.3) is 5.91 Å². The lowest BCUT2D eigenvalue weighted by Crippen LogP contribution is -2.51. The van der Waals surface area contributed by atoms with Crippen LogP contribution in [0.2, 0.25) is 0 Å². The Balaban J connectivity index is 2.91. The van der Waals surface area contributed by atoms with Gasteiger partial charge in [-0.05, 0) is 6.92 Å². The quantitative estimate of drug-likeness (QED) is 0.563. The summed E-state index contributed by atoms with van der Waals surface area (Å²) in [5, 5.41) is 21.4. The standard InChI is InChI=1S/C10H18N4O3S/c1-10(4-15,5-16)13-8(17)6-7(11)12-9(18-6)14(2)3/h15-16H,4-5,11H2,1-3H3,(H,13,17). The van der Waals surface area contributed by atoms with Gasteiger partial charge in [-0.2, -0.15) is 0 Å². The van der Waals surface area contributed by atoms with Crippen LogP contribution in [0.4, 0.5) is 10.9 Å². The van der Waals surface area contributed by atoms with Crippen LogP contribution >= 0.6 is 11.3 Å². The maximum Gasteiger partial charge on any atom is 0.265 e. The molecule has 0 aromatic carbocycles. The van der Waals surface area contributed by atoms with E-state index in [-0.39, 0.29) is 23.9 Å². The molecule has 0 aliphatic rings. The smallest absolute Gasteiger partial charge is 0.265 e. The van der Waals surface area contributed by atoms with E-state index in [1.165, 1.54) is 6.92 Å². The highest BCUT2D eigenvalue weighted by Crippen LogP contribution is 2.26. The number of aromatic nitrogens is 1. The Bertz CT molecular complexity index is 429. The number of thiazole rings is 1. The second-order valence-corrected chi connectivity index (χ2v) is 5.41. The molecule has 0 saturated carbocycles. The maximum atomic E-state index is 12.0. The molecule has 0 atom stereocenters. The van der Waals surface area contributed by atoms with Crippen LogP contribution in [0.15, 0.2) is 0 Å². The van der Waals surface area contributed by atoms with Gasteiger partial charge in [0.15, 0.2) is 5.13 Å². The van der Waals surface area contributed by atoms with E-state index in [4.69, 9.17) is 15.9 Å². The van der Waals surface area contributed by atoms with Gasteiger partial charge in [0.05, 0.1) is 18.8 Å². The summed E-state index contributed by atoms with van der Waals surface area (Å²) in [7, 11) is 3.59. The second-order valence-electron chi connectivity index (χ2n) is 4.44. The van der Waals surface area contributed by atoms with Gasteiger partial charge < -0.3 is 26.2 Å². The molecule has 18 heavy (non-hydrogen) atoms. The average molecular weight is 274 g/mol. The van der Waals surface area contributed by atoms with E-state index in [1.807, 2.05) is 0 Å². The number of carbonyl (C=O) groups is 1. The van der Waals surface area contributed by atoms with E-state index in [0.29, 0.717) is 5.13 Å². The number of carbonyl (C=O) groups excluding carboxylic acids is 1. The molecular weight excluding hydrogens is 256 g/mol. The molecule has 1 amide bonds. The molecule has 1 aromatic heterocycles. The molecule has 102 valence electrons. The molecule has 0 aliphatic heterocycles. The summed E-state index contributed by atoms with van der Waals surface area (Å²) in [6.45, 7) is 0.804. The fourth-order valence-corrected chi connectivity index (χ4v) is 1.94. The van der Waals surface area contributed by atoms with Gasteiger partial charge in [0.2, 0.25) is 0 Å². The summed E-state index contributed by atoms with van der Waals surface area (Å²) in [6.07, 6.45) is 0. The Morgan fingerprint density at radius 3 is 2.44 bits per heavy atom. The number of amides is 1. The molecular formula is C10H18N4O3S. The van der Waals surface area contributed by atoms with Crippen LogP contribution in [0.25, 0.3) is 0 Å². The third-order valence-corrected chi connectivity index (χ3v) is 3.58. The minimum atomic E-state index is -1.08. The molecule has 0 spiro atoms. The van der Waals surface area contributed by atoms with E-state index in [0.717, 1.165) is 11.3 Å². The van der Waals surface area contributed by atoms with Gasteiger partial charge in [-0.25, -0.2) is 4.98 Å². The highest BCUT2D eigenvalue weighted by atomic mass is 32.1. The average Bonchev–Trinajstić information content (AvgIpc) is 2.71. The molecule has 1 aromatic rings. The zero-order chi connectivity index (χ0) is 13.9. The van der Waals surface area contributed by atoms with Crippen molar-refractivity contribution in [2.45, 2.75) is 12.5 Å². The topological polar surface area (TPSA) is 112 Å². The second kappa shape index (κ2) is 5.51. The van der Waals surface area contributed by atoms with E-state index in [1.54, 1.807) is 19.0 Å². The molecule has 7 nitrogen and oxygen atoms in total. The molecule has 0 unspecified atom stereocenters. The Morgan fingerprint density at radius 1 is 1.50 bits per heavy atom. The monoisotopic (exact) mass is 274 g/mol. The number of hydrogen-bond acceptors (Lipinski definition) is 7. The lowest BCUT2D eigenvalue weighted by Gasteiger charge is -2.25. The number of nitrogen functional groups attached to an aromatic ring is 1. The summed E-state index contributed by atoms with van der Waals surface area (Å²) < 4.78 is 0. The molecule has 0 aliphatic carbocycles. The molecule has 8 heteroatoms. The summed E-state index contributed by atoms with van der Waals surface area (Å²) >= 11 is 1.15. The van der Waals surface area contributed by atoms with E-state index >= 15 is 0 Å². The maximum absolute atomic E-state index is 12.0. The number of rotatable bonds is 5. The highest BCUT2D eigenvalue weighted by molar-refractivity contribution is 7.18. The lowest BCUT2D eigenvalue weighted by molar-refractivity contribution is 0.0728. The van der Waals surface area contributed by atoms with Gasteiger partial charge in [-0.3, -0.25) is 4.79 Å². The fourth-order valence-electron chi connectivity index (χ4n) is 1.13. The van der Waals surface area contributed by atoms with Crippen LogP contribution in [0, 0.1) is 0 Å². The summed E-state index contributed by atoms with van der Waals surface area (Å²) in [5.41, 5.74) is 4.59. The molecule has 0 radical (unpaired) electrons. The number of aliphatic hydroxyl groups is 2. The Morgan fingerprint density at radius 2 is 2.06 bits per heavy atom. The van der Waals surface area contributed by atoms with Crippen molar-refractivity contribution in [3.05, 3.63) is 4.88 Å². The first-order valence-electron chi connectivity index (χ1n) is 5.31. The Hall–Kier alpha value is -1.38. The largest absolute Gasteiger partial charge is 0.394 e. The van der Waals surface area contributed by atoms with Crippen molar-refractivity contribution in [3.8, 4) is 0 Å². The zero-order valence-corrected chi connectivity index (χ0v) is 11.4. The first-order valence-corrected chi connectivity index (χ1v) is 6.12. The Labute approximate surface area is 109 Å². The van der Waals surface area contributed by atoms with E-state index in [9.17, 15) is 4.79 Å².